The molecule has 4 fully saturated rings. The van der Waals surface area contributed by atoms with E-state index in [-0.39, 0.29) is 28.0 Å². The van der Waals surface area contributed by atoms with Gasteiger partial charge in [0.05, 0.1) is 12.8 Å². The number of rotatable bonds is 4. The molecule has 3 atom stereocenters. The largest absolute Gasteiger partial charge is 0.747 e. The van der Waals surface area contributed by atoms with Crippen LogP contribution in [0.1, 0.15) is 78.6 Å². The Morgan fingerprint density at radius 3 is 2.06 bits per heavy atom. The van der Waals surface area contributed by atoms with Crippen LogP contribution in [0.3, 0.4) is 0 Å². The van der Waals surface area contributed by atoms with Crippen LogP contribution in [0, 0.1) is 22.7 Å². The molecule has 0 aromatic rings. The van der Waals surface area contributed by atoms with Gasteiger partial charge in [-0.15, -0.1) is 0 Å². The molecule has 176 valence electrons. The molecule has 2 bridgehead atoms. The Morgan fingerprint density at radius 1 is 1.03 bits per heavy atom. The first-order valence-electron chi connectivity index (χ1n) is 11.6. The summed E-state index contributed by atoms with van der Waals surface area (Å²) in [6, 6.07) is 0. The second kappa shape index (κ2) is 9.26. The first-order chi connectivity index (χ1) is 14.4. The standard InChI is InChI=1S/C13H21O2S.C10H16O4S/c14-12-6-8-16(9-7-12)10-13(15)11-4-2-1-3-5-11;1-9(2)6-4-5-10(9,3)8(11)7(6)15(12,13)14/h11H,1-10H2;6-7H,4-5H2,1-3H3,(H,12,13,14)/q+1;/p-1. The molecule has 0 radical (unpaired) electrons. The third-order valence-electron chi connectivity index (χ3n) is 8.53. The number of Topliss-reactive ketones (excluding diaryl/α,β-unsaturated/α-hetero) is 3. The van der Waals surface area contributed by atoms with Crippen molar-refractivity contribution in [2.75, 3.05) is 17.3 Å². The summed E-state index contributed by atoms with van der Waals surface area (Å²) < 4.78 is 33.3. The number of carbonyl (C=O) groups excluding carboxylic acids is 3. The maximum atomic E-state index is 12.1. The van der Waals surface area contributed by atoms with E-state index in [1.807, 2.05) is 13.8 Å². The van der Waals surface area contributed by atoms with Crippen LogP contribution in [0.25, 0.3) is 0 Å². The quantitative estimate of drug-likeness (QED) is 0.460. The van der Waals surface area contributed by atoms with Crippen molar-refractivity contribution in [2.24, 2.45) is 22.7 Å². The van der Waals surface area contributed by atoms with Crippen molar-refractivity contribution in [3.63, 3.8) is 0 Å². The molecular weight excluding hydrogens is 436 g/mol. The average Bonchev–Trinajstić information content (AvgIpc) is 3.02. The van der Waals surface area contributed by atoms with Gasteiger partial charge in [0.25, 0.3) is 0 Å². The van der Waals surface area contributed by atoms with Gasteiger partial charge in [-0.05, 0) is 47.9 Å². The van der Waals surface area contributed by atoms with Crippen molar-refractivity contribution >= 4 is 38.4 Å². The van der Waals surface area contributed by atoms with E-state index in [0.29, 0.717) is 30.3 Å². The van der Waals surface area contributed by atoms with Gasteiger partial charge in [0, 0.05) is 11.3 Å². The normalized spacial score (nSPS) is 33.8. The van der Waals surface area contributed by atoms with Crippen molar-refractivity contribution in [3.8, 4) is 0 Å². The van der Waals surface area contributed by atoms with Crippen LogP contribution in [-0.2, 0) is 35.4 Å². The summed E-state index contributed by atoms with van der Waals surface area (Å²) in [4.78, 5) is 35.2. The second-order valence-corrected chi connectivity index (χ2v) is 14.3. The van der Waals surface area contributed by atoms with Crippen LogP contribution in [0.2, 0.25) is 0 Å². The lowest BCUT2D eigenvalue weighted by molar-refractivity contribution is -0.128. The van der Waals surface area contributed by atoms with Crippen molar-refractivity contribution in [1.82, 2.24) is 0 Å². The monoisotopic (exact) mass is 472 g/mol. The van der Waals surface area contributed by atoms with Gasteiger partial charge in [0.15, 0.2) is 17.3 Å². The maximum absolute atomic E-state index is 12.1. The molecule has 3 unspecified atom stereocenters. The number of hydrogen-bond donors (Lipinski definition) is 0. The molecule has 0 aromatic carbocycles. The maximum Gasteiger partial charge on any atom is 0.184 e. The van der Waals surface area contributed by atoms with Crippen LogP contribution in [0.5, 0.6) is 0 Å². The number of ketones is 3. The third kappa shape index (κ3) is 4.96. The van der Waals surface area contributed by atoms with Crippen molar-refractivity contribution in [2.45, 2.75) is 83.8 Å². The molecule has 3 saturated carbocycles. The van der Waals surface area contributed by atoms with E-state index in [9.17, 15) is 27.4 Å². The Bertz CT molecular complexity index is 817. The first-order valence-corrected chi connectivity index (χ1v) is 14.8. The Hall–Kier alpha value is -0.730. The Morgan fingerprint density at radius 2 is 1.61 bits per heavy atom. The van der Waals surface area contributed by atoms with Gasteiger partial charge in [0.1, 0.15) is 32.7 Å². The van der Waals surface area contributed by atoms with Gasteiger partial charge < -0.3 is 4.55 Å². The fourth-order valence-electron chi connectivity index (χ4n) is 5.97. The lowest BCUT2D eigenvalue weighted by atomic mass is 9.70. The Kier molecular flexibility index (Phi) is 7.44. The predicted octanol–water partition coefficient (Wildman–Crippen LogP) is 3.04. The van der Waals surface area contributed by atoms with E-state index in [1.54, 1.807) is 6.92 Å². The molecule has 1 saturated heterocycles. The molecule has 1 aliphatic heterocycles. The van der Waals surface area contributed by atoms with Gasteiger partial charge in [-0.2, -0.15) is 0 Å². The van der Waals surface area contributed by atoms with E-state index in [2.05, 4.69) is 0 Å². The smallest absolute Gasteiger partial charge is 0.184 e. The molecule has 3 aliphatic carbocycles. The van der Waals surface area contributed by atoms with Crippen LogP contribution in [0.4, 0.5) is 0 Å². The highest BCUT2D eigenvalue weighted by Gasteiger charge is 2.67. The van der Waals surface area contributed by atoms with Crippen molar-refractivity contribution in [1.29, 1.82) is 0 Å². The van der Waals surface area contributed by atoms with E-state index in [1.165, 1.54) is 19.3 Å². The molecule has 0 N–H and O–H groups in total. The van der Waals surface area contributed by atoms with Crippen LogP contribution in [0.15, 0.2) is 0 Å². The molecule has 4 aliphatic rings. The summed E-state index contributed by atoms with van der Waals surface area (Å²) in [5.41, 5.74) is -0.994. The predicted molar refractivity (Wildman–Crippen MR) is 121 cm³/mol. The minimum absolute atomic E-state index is 0.233. The van der Waals surface area contributed by atoms with Crippen LogP contribution < -0.4 is 0 Å². The van der Waals surface area contributed by atoms with Gasteiger partial charge in [-0.3, -0.25) is 14.4 Å². The second-order valence-electron chi connectivity index (χ2n) is 10.5. The molecule has 0 amide bonds. The Balaban J connectivity index is 0.000000176. The summed E-state index contributed by atoms with van der Waals surface area (Å²) in [7, 11) is -4.26. The molecule has 8 heteroatoms. The molecule has 0 spiro atoms. The van der Waals surface area contributed by atoms with E-state index < -0.39 is 20.8 Å². The summed E-state index contributed by atoms with van der Waals surface area (Å²) >= 11 is 0. The summed E-state index contributed by atoms with van der Waals surface area (Å²) in [5.74, 6) is 3.34. The minimum atomic E-state index is -4.49. The fraction of sp³-hybridized carbons (Fsp3) is 0.870. The molecule has 31 heavy (non-hydrogen) atoms. The molecule has 1 heterocycles. The van der Waals surface area contributed by atoms with Gasteiger partial charge in [0.2, 0.25) is 0 Å². The summed E-state index contributed by atoms with van der Waals surface area (Å²) in [5, 5.41) is -1.30. The number of hydrogen-bond acceptors (Lipinski definition) is 6. The molecule has 6 nitrogen and oxygen atoms in total. The zero-order valence-electron chi connectivity index (χ0n) is 19.0. The number of carbonyl (C=O) groups is 3. The number of fused-ring (bicyclic) bond motifs is 2. The highest BCUT2D eigenvalue weighted by molar-refractivity contribution is 7.97. The van der Waals surface area contributed by atoms with Crippen LogP contribution in [-0.4, -0.2) is 52.8 Å². The van der Waals surface area contributed by atoms with Crippen molar-refractivity contribution < 1.29 is 27.4 Å². The first kappa shape index (κ1) is 24.9. The SMILES string of the molecule is CC12CCC(C(S(=O)(=O)[O-])C1=O)C2(C)C.O=C1CC[S+](CC(=O)C2CCCCC2)CC1. The third-order valence-corrected chi connectivity index (χ3v) is 11.9. The highest BCUT2D eigenvalue weighted by Crippen LogP contribution is 2.64. The zero-order valence-corrected chi connectivity index (χ0v) is 20.6. The fourth-order valence-corrected chi connectivity index (χ4v) is 9.53. The molecular formula is C23H36O6S2. The van der Waals surface area contributed by atoms with Crippen molar-refractivity contribution in [3.05, 3.63) is 0 Å². The topological polar surface area (TPSA) is 108 Å². The van der Waals surface area contributed by atoms with Crippen LogP contribution >= 0.6 is 0 Å². The summed E-state index contributed by atoms with van der Waals surface area (Å²) in [6.45, 7) is 5.59. The highest BCUT2D eigenvalue weighted by atomic mass is 32.2. The van der Waals surface area contributed by atoms with E-state index in [4.69, 9.17) is 0 Å². The lowest BCUT2D eigenvalue weighted by Crippen LogP contribution is -2.38. The van der Waals surface area contributed by atoms with Gasteiger partial charge in [-0.25, -0.2) is 8.42 Å². The van der Waals surface area contributed by atoms with E-state index >= 15 is 0 Å². The molecule has 0 aromatic heterocycles. The average molecular weight is 473 g/mol. The van der Waals surface area contributed by atoms with Gasteiger partial charge in [-0.1, -0.05) is 40.0 Å². The summed E-state index contributed by atoms with van der Waals surface area (Å²) in [6.07, 6.45) is 8.85. The Labute approximate surface area is 189 Å². The molecule has 4 rings (SSSR count). The zero-order chi connectivity index (χ0) is 23.0. The lowest BCUT2D eigenvalue weighted by Gasteiger charge is -2.32. The van der Waals surface area contributed by atoms with Gasteiger partial charge >= 0.3 is 0 Å². The van der Waals surface area contributed by atoms with E-state index in [0.717, 1.165) is 42.9 Å². The minimum Gasteiger partial charge on any atom is -0.747 e.